The van der Waals surface area contributed by atoms with E-state index in [1.807, 2.05) is 14.0 Å². The fraction of sp³-hybridized carbons (Fsp3) is 0.636. The van der Waals surface area contributed by atoms with Crippen LogP contribution in [0.5, 0.6) is 0 Å². The van der Waals surface area contributed by atoms with E-state index in [2.05, 4.69) is 15.7 Å². The minimum absolute atomic E-state index is 0.0949. The van der Waals surface area contributed by atoms with E-state index < -0.39 is 0 Å². The number of nitrogens with zero attached hydrogens (tertiary/aromatic N) is 2. The first kappa shape index (κ1) is 11.8. The van der Waals surface area contributed by atoms with Crippen molar-refractivity contribution in [2.24, 2.45) is 7.05 Å². The van der Waals surface area contributed by atoms with Crippen molar-refractivity contribution in [3.05, 3.63) is 5.69 Å². The number of carbonyl (C=O) groups excluding carboxylic acids is 1. The molecule has 0 saturated heterocycles. The topological polar surface area (TPSA) is 85.0 Å². The lowest BCUT2D eigenvalue weighted by molar-refractivity contribution is -0.120. The SMILES string of the molecule is Cc1nn(C)c(NCCC(=O)NC2CC2)c1N. The Morgan fingerprint density at radius 2 is 2.29 bits per heavy atom. The van der Waals surface area contributed by atoms with Gasteiger partial charge in [-0.2, -0.15) is 5.10 Å². The normalized spacial score (nSPS) is 14.7. The monoisotopic (exact) mass is 237 g/mol. The Hall–Kier alpha value is -1.72. The average Bonchev–Trinajstić information content (AvgIpc) is 3.02. The summed E-state index contributed by atoms with van der Waals surface area (Å²) >= 11 is 0. The predicted octanol–water partition coefficient (Wildman–Crippen LogP) is 0.391. The number of hydrogen-bond donors (Lipinski definition) is 3. The lowest BCUT2D eigenvalue weighted by atomic mass is 10.3. The molecular formula is C11H19N5O. The number of carbonyl (C=O) groups is 1. The zero-order valence-electron chi connectivity index (χ0n) is 10.3. The molecule has 1 aromatic heterocycles. The van der Waals surface area contributed by atoms with Crippen LogP contribution >= 0.6 is 0 Å². The van der Waals surface area contributed by atoms with Crippen LogP contribution in [0.25, 0.3) is 0 Å². The van der Waals surface area contributed by atoms with Crippen LogP contribution in [0.15, 0.2) is 0 Å². The highest BCUT2D eigenvalue weighted by molar-refractivity contribution is 5.77. The number of nitrogens with one attached hydrogen (secondary N) is 2. The number of anilines is 2. The summed E-state index contributed by atoms with van der Waals surface area (Å²) in [6.07, 6.45) is 2.69. The largest absolute Gasteiger partial charge is 0.394 e. The number of nitrogens with two attached hydrogens (primary N) is 1. The molecule has 94 valence electrons. The highest BCUT2D eigenvalue weighted by Crippen LogP contribution is 2.21. The summed E-state index contributed by atoms with van der Waals surface area (Å²) in [5, 5.41) is 10.3. The van der Waals surface area contributed by atoms with E-state index in [1.165, 1.54) is 0 Å². The Bertz CT molecular complexity index is 422. The standard InChI is InChI=1S/C11H19N5O/c1-7-10(12)11(16(2)15-7)13-6-5-9(17)14-8-3-4-8/h8,13H,3-6,12H2,1-2H3,(H,14,17). The number of aromatic nitrogens is 2. The summed E-state index contributed by atoms with van der Waals surface area (Å²) in [7, 11) is 1.83. The molecule has 0 spiro atoms. The second kappa shape index (κ2) is 4.65. The Kier molecular flexibility index (Phi) is 3.21. The van der Waals surface area contributed by atoms with Crippen LogP contribution in [-0.2, 0) is 11.8 Å². The third-order valence-electron chi connectivity index (χ3n) is 2.86. The number of amides is 1. The Morgan fingerprint density at radius 1 is 1.59 bits per heavy atom. The first-order chi connectivity index (χ1) is 8.08. The lowest BCUT2D eigenvalue weighted by Crippen LogP contribution is -2.27. The van der Waals surface area contributed by atoms with Crippen molar-refractivity contribution >= 4 is 17.4 Å². The quantitative estimate of drug-likeness (QED) is 0.691. The first-order valence-electron chi connectivity index (χ1n) is 5.90. The van der Waals surface area contributed by atoms with E-state index in [9.17, 15) is 4.79 Å². The number of rotatable bonds is 5. The molecule has 1 fully saturated rings. The van der Waals surface area contributed by atoms with E-state index in [-0.39, 0.29) is 5.91 Å². The molecule has 1 aliphatic rings. The van der Waals surface area contributed by atoms with Gasteiger partial charge in [0.2, 0.25) is 5.91 Å². The van der Waals surface area contributed by atoms with Gasteiger partial charge in [0.1, 0.15) is 5.82 Å². The van der Waals surface area contributed by atoms with Crippen LogP contribution in [0.2, 0.25) is 0 Å². The van der Waals surface area contributed by atoms with E-state index in [1.54, 1.807) is 4.68 Å². The highest BCUT2D eigenvalue weighted by atomic mass is 16.1. The number of nitrogen functional groups attached to an aromatic ring is 1. The van der Waals surface area contributed by atoms with Gasteiger partial charge in [0.15, 0.2) is 0 Å². The molecule has 1 heterocycles. The fourth-order valence-corrected chi connectivity index (χ4v) is 1.71. The van der Waals surface area contributed by atoms with Crippen LogP contribution in [0.1, 0.15) is 25.0 Å². The molecule has 1 amide bonds. The van der Waals surface area contributed by atoms with Gasteiger partial charge in [-0.15, -0.1) is 0 Å². The van der Waals surface area contributed by atoms with Gasteiger partial charge in [-0.05, 0) is 19.8 Å². The van der Waals surface area contributed by atoms with Gasteiger partial charge < -0.3 is 16.4 Å². The van der Waals surface area contributed by atoms with Crippen molar-refractivity contribution in [1.29, 1.82) is 0 Å². The van der Waals surface area contributed by atoms with Gasteiger partial charge >= 0.3 is 0 Å². The second-order valence-corrected chi connectivity index (χ2v) is 4.49. The lowest BCUT2D eigenvalue weighted by Gasteiger charge is -2.07. The van der Waals surface area contributed by atoms with Crippen LogP contribution in [-0.4, -0.2) is 28.3 Å². The van der Waals surface area contributed by atoms with Crippen molar-refractivity contribution in [3.8, 4) is 0 Å². The Morgan fingerprint density at radius 3 is 2.82 bits per heavy atom. The molecular weight excluding hydrogens is 218 g/mol. The average molecular weight is 237 g/mol. The molecule has 4 N–H and O–H groups in total. The smallest absolute Gasteiger partial charge is 0.221 e. The first-order valence-corrected chi connectivity index (χ1v) is 5.90. The molecule has 1 aliphatic carbocycles. The summed E-state index contributed by atoms with van der Waals surface area (Å²) < 4.78 is 1.70. The predicted molar refractivity (Wildman–Crippen MR) is 66.6 cm³/mol. The maximum Gasteiger partial charge on any atom is 0.221 e. The molecule has 6 nitrogen and oxygen atoms in total. The van der Waals surface area contributed by atoms with Gasteiger partial charge in [-0.3, -0.25) is 9.48 Å². The van der Waals surface area contributed by atoms with Gasteiger partial charge in [0.05, 0.1) is 11.4 Å². The molecule has 2 rings (SSSR count). The van der Waals surface area contributed by atoms with Gasteiger partial charge in [-0.1, -0.05) is 0 Å². The van der Waals surface area contributed by atoms with E-state index in [0.717, 1.165) is 24.4 Å². The number of aryl methyl sites for hydroxylation is 2. The van der Waals surface area contributed by atoms with Crippen LogP contribution in [0, 0.1) is 6.92 Å². The Labute approximate surface area is 101 Å². The van der Waals surface area contributed by atoms with Crippen molar-refractivity contribution < 1.29 is 4.79 Å². The summed E-state index contributed by atoms with van der Waals surface area (Å²) in [6.45, 7) is 2.43. The van der Waals surface area contributed by atoms with Crippen molar-refractivity contribution in [2.75, 3.05) is 17.6 Å². The fourth-order valence-electron chi connectivity index (χ4n) is 1.71. The third kappa shape index (κ3) is 2.89. The maximum absolute atomic E-state index is 11.5. The molecule has 6 heteroatoms. The molecule has 0 bridgehead atoms. The summed E-state index contributed by atoms with van der Waals surface area (Å²) in [6, 6.07) is 0.423. The summed E-state index contributed by atoms with van der Waals surface area (Å²) in [5.41, 5.74) is 7.32. The zero-order chi connectivity index (χ0) is 12.4. The van der Waals surface area contributed by atoms with E-state index >= 15 is 0 Å². The zero-order valence-corrected chi connectivity index (χ0v) is 10.3. The molecule has 1 aromatic rings. The minimum atomic E-state index is 0.0949. The van der Waals surface area contributed by atoms with Crippen LogP contribution < -0.4 is 16.4 Å². The van der Waals surface area contributed by atoms with Crippen LogP contribution in [0.4, 0.5) is 11.5 Å². The van der Waals surface area contributed by atoms with Crippen molar-refractivity contribution in [2.45, 2.75) is 32.2 Å². The van der Waals surface area contributed by atoms with Gasteiger partial charge in [-0.25, -0.2) is 0 Å². The summed E-state index contributed by atoms with van der Waals surface area (Å²) in [4.78, 5) is 11.5. The highest BCUT2D eigenvalue weighted by Gasteiger charge is 2.22. The Balaban J connectivity index is 1.78. The molecule has 0 radical (unpaired) electrons. The molecule has 0 atom stereocenters. The van der Waals surface area contributed by atoms with Gasteiger partial charge in [0, 0.05) is 26.1 Å². The van der Waals surface area contributed by atoms with Gasteiger partial charge in [0.25, 0.3) is 0 Å². The minimum Gasteiger partial charge on any atom is -0.394 e. The molecule has 0 unspecified atom stereocenters. The van der Waals surface area contributed by atoms with Crippen molar-refractivity contribution in [3.63, 3.8) is 0 Å². The van der Waals surface area contributed by atoms with Crippen molar-refractivity contribution in [1.82, 2.24) is 15.1 Å². The number of hydrogen-bond acceptors (Lipinski definition) is 4. The molecule has 0 aliphatic heterocycles. The second-order valence-electron chi connectivity index (χ2n) is 4.49. The summed E-state index contributed by atoms with van der Waals surface area (Å²) in [5.74, 6) is 0.874. The maximum atomic E-state index is 11.5. The van der Waals surface area contributed by atoms with Crippen LogP contribution in [0.3, 0.4) is 0 Å². The molecule has 1 saturated carbocycles. The third-order valence-corrected chi connectivity index (χ3v) is 2.86. The van der Waals surface area contributed by atoms with E-state index in [4.69, 9.17) is 5.73 Å². The molecule has 0 aromatic carbocycles. The molecule has 17 heavy (non-hydrogen) atoms. The van der Waals surface area contributed by atoms with E-state index in [0.29, 0.717) is 24.7 Å².